The van der Waals surface area contributed by atoms with Crippen molar-refractivity contribution in [3.05, 3.63) is 35.9 Å². The first kappa shape index (κ1) is 17.6. The molecule has 21 heavy (non-hydrogen) atoms. The Morgan fingerprint density at radius 3 is 2.29 bits per heavy atom. The number of benzene rings is 1. The molecule has 6 nitrogen and oxygen atoms in total. The third-order valence-electron chi connectivity index (χ3n) is 2.92. The number of hydrogen-bond donors (Lipinski definition) is 1. The maximum Gasteiger partial charge on any atom is 0.235 e. The molecule has 0 aliphatic heterocycles. The minimum atomic E-state index is -3.39. The monoisotopic (exact) mass is 313 g/mol. The summed E-state index contributed by atoms with van der Waals surface area (Å²) in [6, 6.07) is 9.49. The highest BCUT2D eigenvalue weighted by atomic mass is 32.2. The molecule has 0 heterocycles. The second kappa shape index (κ2) is 8.11. The van der Waals surface area contributed by atoms with Crippen LogP contribution in [0.2, 0.25) is 0 Å². The van der Waals surface area contributed by atoms with E-state index in [1.165, 1.54) is 4.31 Å². The third kappa shape index (κ3) is 7.22. The van der Waals surface area contributed by atoms with Crippen molar-refractivity contribution in [1.29, 1.82) is 0 Å². The standard InChI is InChI=1S/C14H23N3O3S/c1-16(2)9-10-17(21(3,19)20)12-14(18)15-11-13-7-5-4-6-8-13/h4-8H,9-12H2,1-3H3,(H,15,18). The van der Waals surface area contributed by atoms with Crippen molar-refractivity contribution in [2.45, 2.75) is 6.54 Å². The lowest BCUT2D eigenvalue weighted by Gasteiger charge is -2.21. The van der Waals surface area contributed by atoms with Gasteiger partial charge in [-0.2, -0.15) is 4.31 Å². The Morgan fingerprint density at radius 2 is 1.76 bits per heavy atom. The Balaban J connectivity index is 2.52. The lowest BCUT2D eigenvalue weighted by atomic mass is 10.2. The van der Waals surface area contributed by atoms with E-state index < -0.39 is 10.0 Å². The first-order valence-electron chi connectivity index (χ1n) is 6.69. The van der Waals surface area contributed by atoms with Crippen molar-refractivity contribution in [2.75, 3.05) is 40.0 Å². The van der Waals surface area contributed by atoms with Crippen LogP contribution >= 0.6 is 0 Å². The van der Waals surface area contributed by atoms with E-state index in [0.29, 0.717) is 19.6 Å². The minimum absolute atomic E-state index is 0.153. The first-order chi connectivity index (χ1) is 9.79. The predicted molar refractivity (Wildman–Crippen MR) is 83.3 cm³/mol. The molecule has 0 bridgehead atoms. The number of hydrogen-bond acceptors (Lipinski definition) is 4. The van der Waals surface area contributed by atoms with Crippen LogP contribution in [0.15, 0.2) is 30.3 Å². The fourth-order valence-corrected chi connectivity index (χ4v) is 2.45. The highest BCUT2D eigenvalue weighted by Crippen LogP contribution is 2.00. The van der Waals surface area contributed by atoms with E-state index in [0.717, 1.165) is 11.8 Å². The SMILES string of the molecule is CN(C)CCN(CC(=O)NCc1ccccc1)S(C)(=O)=O. The Kier molecular flexibility index (Phi) is 6.80. The zero-order valence-corrected chi connectivity index (χ0v) is 13.6. The van der Waals surface area contributed by atoms with Gasteiger partial charge in [-0.05, 0) is 19.7 Å². The molecular formula is C14H23N3O3S. The number of sulfonamides is 1. The number of nitrogens with zero attached hydrogens (tertiary/aromatic N) is 2. The lowest BCUT2D eigenvalue weighted by molar-refractivity contribution is -0.121. The molecule has 1 amide bonds. The Morgan fingerprint density at radius 1 is 1.14 bits per heavy atom. The van der Waals surface area contributed by atoms with Gasteiger partial charge in [0.25, 0.3) is 0 Å². The van der Waals surface area contributed by atoms with Crippen LogP contribution in [-0.4, -0.2) is 63.5 Å². The molecule has 0 aliphatic carbocycles. The Labute approximate surface area is 126 Å². The van der Waals surface area contributed by atoms with Gasteiger partial charge in [-0.1, -0.05) is 30.3 Å². The molecule has 1 N–H and O–H groups in total. The van der Waals surface area contributed by atoms with Gasteiger partial charge in [-0.3, -0.25) is 4.79 Å². The van der Waals surface area contributed by atoms with Gasteiger partial charge in [0, 0.05) is 19.6 Å². The topological polar surface area (TPSA) is 69.7 Å². The van der Waals surface area contributed by atoms with Crippen LogP contribution in [-0.2, 0) is 21.4 Å². The fourth-order valence-electron chi connectivity index (χ4n) is 1.69. The van der Waals surface area contributed by atoms with E-state index in [4.69, 9.17) is 0 Å². The second-order valence-electron chi connectivity index (χ2n) is 5.16. The molecule has 7 heteroatoms. The molecule has 1 aromatic carbocycles. The molecule has 0 aromatic heterocycles. The van der Waals surface area contributed by atoms with Crippen molar-refractivity contribution < 1.29 is 13.2 Å². The maximum atomic E-state index is 11.9. The zero-order chi connectivity index (χ0) is 15.9. The Hall–Kier alpha value is -1.44. The van der Waals surface area contributed by atoms with E-state index in [1.54, 1.807) is 0 Å². The molecule has 0 spiro atoms. The summed E-state index contributed by atoms with van der Waals surface area (Å²) >= 11 is 0. The lowest BCUT2D eigenvalue weighted by Crippen LogP contribution is -2.42. The highest BCUT2D eigenvalue weighted by molar-refractivity contribution is 7.88. The number of rotatable bonds is 8. The molecule has 0 atom stereocenters. The summed E-state index contributed by atoms with van der Waals surface area (Å²) in [6.07, 6.45) is 1.12. The molecule has 1 rings (SSSR count). The molecule has 1 aromatic rings. The molecule has 0 saturated heterocycles. The first-order valence-corrected chi connectivity index (χ1v) is 8.54. The largest absolute Gasteiger partial charge is 0.351 e. The van der Waals surface area contributed by atoms with Gasteiger partial charge in [0.15, 0.2) is 0 Å². The normalized spacial score (nSPS) is 11.9. The minimum Gasteiger partial charge on any atom is -0.351 e. The summed E-state index contributed by atoms with van der Waals surface area (Å²) in [4.78, 5) is 13.8. The average Bonchev–Trinajstić information content (AvgIpc) is 2.41. The van der Waals surface area contributed by atoms with Crippen LogP contribution in [0.3, 0.4) is 0 Å². The van der Waals surface area contributed by atoms with Crippen molar-refractivity contribution in [3.8, 4) is 0 Å². The number of carbonyl (C=O) groups is 1. The molecule has 0 aliphatic rings. The van der Waals surface area contributed by atoms with Gasteiger partial charge in [-0.25, -0.2) is 8.42 Å². The van der Waals surface area contributed by atoms with Gasteiger partial charge < -0.3 is 10.2 Å². The highest BCUT2D eigenvalue weighted by Gasteiger charge is 2.19. The van der Waals surface area contributed by atoms with Crippen molar-refractivity contribution in [2.24, 2.45) is 0 Å². The second-order valence-corrected chi connectivity index (χ2v) is 7.14. The van der Waals surface area contributed by atoms with E-state index in [9.17, 15) is 13.2 Å². The summed E-state index contributed by atoms with van der Waals surface area (Å²) in [7, 11) is 0.321. The predicted octanol–water partition coefficient (Wildman–Crippen LogP) is 0.126. The van der Waals surface area contributed by atoms with Gasteiger partial charge in [0.05, 0.1) is 12.8 Å². The van der Waals surface area contributed by atoms with Gasteiger partial charge in [0.1, 0.15) is 0 Å². The fraction of sp³-hybridized carbons (Fsp3) is 0.500. The third-order valence-corrected chi connectivity index (χ3v) is 4.17. The number of likely N-dealkylation sites (N-methyl/N-ethyl adjacent to an activating group) is 1. The Bertz CT molecular complexity index is 544. The number of amides is 1. The van der Waals surface area contributed by atoms with Crippen LogP contribution in [0.4, 0.5) is 0 Å². The van der Waals surface area contributed by atoms with Gasteiger partial charge in [0.2, 0.25) is 15.9 Å². The van der Waals surface area contributed by atoms with Crippen molar-refractivity contribution in [3.63, 3.8) is 0 Å². The van der Waals surface area contributed by atoms with E-state index in [2.05, 4.69) is 5.32 Å². The summed E-state index contributed by atoms with van der Waals surface area (Å²) in [5.41, 5.74) is 0.977. The van der Waals surface area contributed by atoms with Crippen LogP contribution < -0.4 is 5.32 Å². The number of nitrogens with one attached hydrogen (secondary N) is 1. The molecule has 0 saturated carbocycles. The van der Waals surface area contributed by atoms with Crippen LogP contribution in [0.1, 0.15) is 5.56 Å². The summed E-state index contributed by atoms with van der Waals surface area (Å²) in [6.45, 7) is 1.11. The van der Waals surface area contributed by atoms with Gasteiger partial charge in [-0.15, -0.1) is 0 Å². The maximum absolute atomic E-state index is 11.9. The summed E-state index contributed by atoms with van der Waals surface area (Å²) in [5, 5.41) is 2.73. The van der Waals surface area contributed by atoms with Crippen molar-refractivity contribution in [1.82, 2.24) is 14.5 Å². The molecule has 118 valence electrons. The van der Waals surface area contributed by atoms with Crippen molar-refractivity contribution >= 4 is 15.9 Å². The molecular weight excluding hydrogens is 290 g/mol. The summed E-state index contributed by atoms with van der Waals surface area (Å²) < 4.78 is 24.6. The smallest absolute Gasteiger partial charge is 0.235 e. The van der Waals surface area contributed by atoms with Crippen LogP contribution in [0.5, 0.6) is 0 Å². The van der Waals surface area contributed by atoms with E-state index in [-0.39, 0.29) is 12.5 Å². The number of carbonyl (C=O) groups excluding carboxylic acids is 1. The van der Waals surface area contributed by atoms with E-state index in [1.807, 2.05) is 49.3 Å². The average molecular weight is 313 g/mol. The molecule has 0 unspecified atom stereocenters. The van der Waals surface area contributed by atoms with Crippen LogP contribution in [0.25, 0.3) is 0 Å². The van der Waals surface area contributed by atoms with E-state index >= 15 is 0 Å². The quantitative estimate of drug-likeness (QED) is 0.740. The van der Waals surface area contributed by atoms with Crippen LogP contribution in [0, 0.1) is 0 Å². The molecule has 0 fully saturated rings. The molecule has 0 radical (unpaired) electrons. The van der Waals surface area contributed by atoms with Gasteiger partial charge >= 0.3 is 0 Å². The zero-order valence-electron chi connectivity index (χ0n) is 12.7. The summed E-state index contributed by atoms with van der Waals surface area (Å²) in [5.74, 6) is -0.303.